The van der Waals surface area contributed by atoms with Crippen LogP contribution in [0.15, 0.2) is 30.3 Å². The summed E-state index contributed by atoms with van der Waals surface area (Å²) in [5, 5.41) is 12.6. The minimum atomic E-state index is -0.290. The van der Waals surface area contributed by atoms with Gasteiger partial charge in [0, 0.05) is 25.3 Å². The van der Waals surface area contributed by atoms with E-state index in [9.17, 15) is 5.11 Å². The van der Waals surface area contributed by atoms with Gasteiger partial charge in [-0.3, -0.25) is 0 Å². The molecule has 1 rings (SSSR count). The van der Waals surface area contributed by atoms with Crippen molar-refractivity contribution in [2.45, 2.75) is 32.4 Å². The maximum atomic E-state index is 9.33. The number of nitrogens with zero attached hydrogens (tertiary/aromatic N) is 1. The quantitative estimate of drug-likeness (QED) is 0.710. The van der Waals surface area contributed by atoms with Crippen molar-refractivity contribution in [1.82, 2.24) is 5.32 Å². The summed E-state index contributed by atoms with van der Waals surface area (Å²) in [5.41, 5.74) is 1.25. The molecule has 1 aromatic carbocycles. The first-order valence-electron chi connectivity index (χ1n) is 6.29. The normalized spacial score (nSPS) is 14.4. The Morgan fingerprint density at radius 2 is 1.88 bits per heavy atom. The summed E-state index contributed by atoms with van der Waals surface area (Å²) >= 11 is 0. The van der Waals surface area contributed by atoms with E-state index < -0.39 is 0 Å². The van der Waals surface area contributed by atoms with Crippen molar-refractivity contribution in [2.24, 2.45) is 0 Å². The Kier molecular flexibility index (Phi) is 6.01. The smallest absolute Gasteiger partial charge is 0.0662 e. The predicted octanol–water partition coefficient (Wildman–Crippen LogP) is 1.87. The molecular formula is C14H24N2O. The first kappa shape index (κ1) is 14.0. The fourth-order valence-corrected chi connectivity index (χ4v) is 1.63. The lowest BCUT2D eigenvalue weighted by atomic mass is 10.2. The highest BCUT2D eigenvalue weighted by molar-refractivity contribution is 5.44. The number of rotatable bonds is 7. The van der Waals surface area contributed by atoms with E-state index in [1.165, 1.54) is 5.69 Å². The molecule has 3 nitrogen and oxygen atoms in total. The molecule has 0 aliphatic carbocycles. The van der Waals surface area contributed by atoms with E-state index in [1.54, 1.807) is 0 Å². The van der Waals surface area contributed by atoms with Crippen LogP contribution in [-0.4, -0.2) is 37.4 Å². The van der Waals surface area contributed by atoms with Crippen LogP contribution in [0.1, 0.15) is 20.3 Å². The van der Waals surface area contributed by atoms with E-state index >= 15 is 0 Å². The van der Waals surface area contributed by atoms with Crippen molar-refractivity contribution in [1.29, 1.82) is 0 Å². The number of aliphatic hydroxyl groups excluding tert-OH is 1. The van der Waals surface area contributed by atoms with Crippen molar-refractivity contribution in [3.05, 3.63) is 30.3 Å². The molecule has 96 valence electrons. The zero-order chi connectivity index (χ0) is 12.7. The molecule has 2 unspecified atom stereocenters. The maximum absolute atomic E-state index is 9.33. The standard InChI is InChI=1S/C14H24N2O/c1-12(13(2)17)15-10-7-11-16(3)14-8-5-4-6-9-14/h4-6,8-9,12-13,15,17H,7,10-11H2,1-3H3. The molecule has 0 amide bonds. The van der Waals surface area contributed by atoms with Crippen LogP contribution in [-0.2, 0) is 0 Å². The van der Waals surface area contributed by atoms with Gasteiger partial charge in [-0.2, -0.15) is 0 Å². The van der Waals surface area contributed by atoms with Gasteiger partial charge in [-0.15, -0.1) is 0 Å². The number of hydrogen-bond acceptors (Lipinski definition) is 3. The molecule has 0 spiro atoms. The third-order valence-electron chi connectivity index (χ3n) is 3.06. The summed E-state index contributed by atoms with van der Waals surface area (Å²) in [5.74, 6) is 0. The van der Waals surface area contributed by atoms with Crippen molar-refractivity contribution >= 4 is 5.69 Å². The predicted molar refractivity (Wildman–Crippen MR) is 73.5 cm³/mol. The molecule has 3 heteroatoms. The molecule has 1 aromatic rings. The van der Waals surface area contributed by atoms with Gasteiger partial charge >= 0.3 is 0 Å². The van der Waals surface area contributed by atoms with Crippen LogP contribution in [0.3, 0.4) is 0 Å². The Morgan fingerprint density at radius 3 is 2.47 bits per heavy atom. The summed E-state index contributed by atoms with van der Waals surface area (Å²) in [7, 11) is 2.10. The summed E-state index contributed by atoms with van der Waals surface area (Å²) in [4.78, 5) is 2.24. The van der Waals surface area contributed by atoms with Crippen LogP contribution in [0.2, 0.25) is 0 Å². The van der Waals surface area contributed by atoms with Gasteiger partial charge in [0.15, 0.2) is 0 Å². The van der Waals surface area contributed by atoms with E-state index in [4.69, 9.17) is 0 Å². The van der Waals surface area contributed by atoms with Crippen molar-refractivity contribution < 1.29 is 5.11 Å². The van der Waals surface area contributed by atoms with Crippen molar-refractivity contribution in [3.8, 4) is 0 Å². The molecule has 17 heavy (non-hydrogen) atoms. The second kappa shape index (κ2) is 7.30. The fourth-order valence-electron chi connectivity index (χ4n) is 1.63. The van der Waals surface area contributed by atoms with Crippen LogP contribution in [0.4, 0.5) is 5.69 Å². The van der Waals surface area contributed by atoms with E-state index in [2.05, 4.69) is 41.5 Å². The third-order valence-corrected chi connectivity index (χ3v) is 3.06. The zero-order valence-electron chi connectivity index (χ0n) is 11.1. The molecule has 2 N–H and O–H groups in total. The first-order chi connectivity index (χ1) is 8.11. The molecule has 0 fully saturated rings. The lowest BCUT2D eigenvalue weighted by molar-refractivity contribution is 0.153. The topological polar surface area (TPSA) is 35.5 Å². The van der Waals surface area contributed by atoms with Crippen LogP contribution < -0.4 is 10.2 Å². The summed E-state index contributed by atoms with van der Waals surface area (Å²) < 4.78 is 0. The van der Waals surface area contributed by atoms with Crippen LogP contribution in [0.25, 0.3) is 0 Å². The minimum Gasteiger partial charge on any atom is -0.392 e. The average Bonchev–Trinajstić information content (AvgIpc) is 2.35. The van der Waals surface area contributed by atoms with Crippen molar-refractivity contribution in [2.75, 3.05) is 25.0 Å². The Hall–Kier alpha value is -1.06. The third kappa shape index (κ3) is 5.20. The van der Waals surface area contributed by atoms with Gasteiger partial charge in [-0.1, -0.05) is 18.2 Å². The fraction of sp³-hybridized carbons (Fsp3) is 0.571. The van der Waals surface area contributed by atoms with Crippen molar-refractivity contribution in [3.63, 3.8) is 0 Å². The van der Waals surface area contributed by atoms with Gasteiger partial charge in [0.1, 0.15) is 0 Å². The van der Waals surface area contributed by atoms with Gasteiger partial charge in [-0.05, 0) is 38.9 Å². The van der Waals surface area contributed by atoms with Gasteiger partial charge in [-0.25, -0.2) is 0 Å². The molecule has 0 heterocycles. The number of nitrogens with one attached hydrogen (secondary N) is 1. The Bertz CT molecular complexity index is 300. The Labute approximate surface area is 104 Å². The Balaban J connectivity index is 2.19. The molecule has 0 saturated heterocycles. The maximum Gasteiger partial charge on any atom is 0.0662 e. The van der Waals surface area contributed by atoms with Crippen LogP contribution >= 0.6 is 0 Å². The van der Waals surface area contributed by atoms with Gasteiger partial charge in [0.25, 0.3) is 0 Å². The Morgan fingerprint density at radius 1 is 1.24 bits per heavy atom. The number of anilines is 1. The number of para-hydroxylation sites is 1. The number of aliphatic hydroxyl groups is 1. The zero-order valence-corrected chi connectivity index (χ0v) is 11.1. The van der Waals surface area contributed by atoms with E-state index in [1.807, 2.05) is 19.9 Å². The minimum absolute atomic E-state index is 0.164. The largest absolute Gasteiger partial charge is 0.392 e. The highest BCUT2D eigenvalue weighted by Gasteiger charge is 2.06. The highest BCUT2D eigenvalue weighted by Crippen LogP contribution is 2.10. The van der Waals surface area contributed by atoms with Gasteiger partial charge in [0.2, 0.25) is 0 Å². The summed E-state index contributed by atoms with van der Waals surface area (Å²) in [6, 6.07) is 10.5. The van der Waals surface area contributed by atoms with E-state index in [0.29, 0.717) is 0 Å². The molecule has 0 aliphatic rings. The van der Waals surface area contributed by atoms with E-state index in [-0.39, 0.29) is 12.1 Å². The summed E-state index contributed by atoms with van der Waals surface area (Å²) in [6.07, 6.45) is 0.782. The van der Waals surface area contributed by atoms with Gasteiger partial charge < -0.3 is 15.3 Å². The van der Waals surface area contributed by atoms with E-state index in [0.717, 1.165) is 19.5 Å². The lowest BCUT2D eigenvalue weighted by Gasteiger charge is -2.21. The second-order valence-corrected chi connectivity index (χ2v) is 4.59. The summed E-state index contributed by atoms with van der Waals surface area (Å²) in [6.45, 7) is 5.77. The molecule has 0 saturated carbocycles. The molecule has 0 bridgehead atoms. The molecule has 0 aliphatic heterocycles. The van der Waals surface area contributed by atoms with Gasteiger partial charge in [0.05, 0.1) is 6.10 Å². The number of benzene rings is 1. The molecule has 2 atom stereocenters. The SMILES string of the molecule is CC(O)C(C)NCCCN(C)c1ccccc1. The highest BCUT2D eigenvalue weighted by atomic mass is 16.3. The monoisotopic (exact) mass is 236 g/mol. The lowest BCUT2D eigenvalue weighted by Crippen LogP contribution is -2.37. The van der Waals surface area contributed by atoms with Crippen LogP contribution in [0, 0.1) is 0 Å². The molecule has 0 radical (unpaired) electrons. The second-order valence-electron chi connectivity index (χ2n) is 4.59. The van der Waals surface area contributed by atoms with Crippen LogP contribution in [0.5, 0.6) is 0 Å². The average molecular weight is 236 g/mol. The molecular weight excluding hydrogens is 212 g/mol. The number of hydrogen-bond donors (Lipinski definition) is 2. The molecule has 0 aromatic heterocycles. The first-order valence-corrected chi connectivity index (χ1v) is 6.29.